The topological polar surface area (TPSA) is 82.2 Å². The van der Waals surface area contributed by atoms with Crippen molar-refractivity contribution in [2.24, 2.45) is 0 Å². The number of aryl methyl sites for hydroxylation is 3. The van der Waals surface area contributed by atoms with E-state index in [1.807, 2.05) is 32.0 Å². The van der Waals surface area contributed by atoms with Crippen molar-refractivity contribution in [2.75, 3.05) is 5.32 Å². The number of nitrogens with one attached hydrogen (secondary N) is 2. The van der Waals surface area contributed by atoms with Crippen LogP contribution in [-0.4, -0.2) is 22.0 Å². The van der Waals surface area contributed by atoms with E-state index in [1.54, 1.807) is 13.0 Å². The first-order valence-corrected chi connectivity index (χ1v) is 6.65. The molecule has 110 valence electrons. The Kier molecular flexibility index (Phi) is 4.12. The molecule has 0 saturated heterocycles. The monoisotopic (exact) mass is 286 g/mol. The molecule has 2 rings (SSSR count). The third-order valence-electron chi connectivity index (χ3n) is 3.38. The summed E-state index contributed by atoms with van der Waals surface area (Å²) in [6.07, 6.45) is 0.213. The molecule has 1 heterocycles. The lowest BCUT2D eigenvalue weighted by atomic mass is 10.0. The number of aromatic nitrogens is 1. The van der Waals surface area contributed by atoms with E-state index < -0.39 is 5.97 Å². The summed E-state index contributed by atoms with van der Waals surface area (Å²) in [5.41, 5.74) is 4.20. The lowest BCUT2D eigenvalue weighted by Gasteiger charge is -2.06. The van der Waals surface area contributed by atoms with Crippen LogP contribution in [0.25, 0.3) is 0 Å². The molecule has 1 aromatic carbocycles. The summed E-state index contributed by atoms with van der Waals surface area (Å²) in [5, 5.41) is 11.7. The standard InChI is InChI=1S/C16H18N2O3/c1-9-4-5-12(6-10(9)2)8-14(19)18-13-7-11(3)17-15(13)16(20)21/h4-7,17H,8H2,1-3H3,(H,18,19)(H,20,21). The Balaban J connectivity index is 2.11. The number of benzene rings is 1. The Morgan fingerprint density at radius 2 is 1.86 bits per heavy atom. The van der Waals surface area contributed by atoms with Crippen molar-refractivity contribution < 1.29 is 14.7 Å². The fraction of sp³-hybridized carbons (Fsp3) is 0.250. The molecule has 0 unspecified atom stereocenters. The van der Waals surface area contributed by atoms with E-state index in [4.69, 9.17) is 5.11 Å². The van der Waals surface area contributed by atoms with Crippen molar-refractivity contribution in [2.45, 2.75) is 27.2 Å². The van der Waals surface area contributed by atoms with Crippen molar-refractivity contribution >= 4 is 17.6 Å². The van der Waals surface area contributed by atoms with Gasteiger partial charge in [-0.05, 0) is 43.5 Å². The number of hydrogen-bond acceptors (Lipinski definition) is 2. The third kappa shape index (κ3) is 3.51. The maximum Gasteiger partial charge on any atom is 0.354 e. The van der Waals surface area contributed by atoms with E-state index >= 15 is 0 Å². The van der Waals surface area contributed by atoms with Crippen LogP contribution in [0.15, 0.2) is 24.3 Å². The average molecular weight is 286 g/mol. The molecule has 0 fully saturated rings. The average Bonchev–Trinajstić information content (AvgIpc) is 2.75. The highest BCUT2D eigenvalue weighted by Gasteiger charge is 2.15. The second-order valence-corrected chi connectivity index (χ2v) is 5.19. The van der Waals surface area contributed by atoms with Gasteiger partial charge in [0.1, 0.15) is 5.69 Å². The Hall–Kier alpha value is -2.56. The molecule has 1 aromatic heterocycles. The summed E-state index contributed by atoms with van der Waals surface area (Å²) in [5.74, 6) is -1.33. The van der Waals surface area contributed by atoms with Gasteiger partial charge in [-0.1, -0.05) is 18.2 Å². The minimum absolute atomic E-state index is 0.000867. The molecule has 0 atom stereocenters. The Labute approximate surface area is 123 Å². The number of carboxylic acids is 1. The molecule has 5 nitrogen and oxygen atoms in total. The highest BCUT2D eigenvalue weighted by molar-refractivity contribution is 6.00. The first kappa shape index (κ1) is 14.8. The molecule has 5 heteroatoms. The second-order valence-electron chi connectivity index (χ2n) is 5.19. The number of aromatic amines is 1. The van der Waals surface area contributed by atoms with Gasteiger partial charge in [-0.2, -0.15) is 0 Å². The molecular weight excluding hydrogens is 268 g/mol. The van der Waals surface area contributed by atoms with Crippen LogP contribution in [0.2, 0.25) is 0 Å². The maximum atomic E-state index is 12.0. The summed E-state index contributed by atoms with van der Waals surface area (Å²) >= 11 is 0. The van der Waals surface area contributed by atoms with Gasteiger partial charge in [0.2, 0.25) is 5.91 Å². The smallest absolute Gasteiger partial charge is 0.354 e. The molecule has 0 bridgehead atoms. The number of carbonyl (C=O) groups excluding carboxylic acids is 1. The van der Waals surface area contributed by atoms with E-state index in [1.165, 1.54) is 5.56 Å². The number of carbonyl (C=O) groups is 2. The van der Waals surface area contributed by atoms with Gasteiger partial charge in [0.15, 0.2) is 0 Å². The Bertz CT molecular complexity index is 702. The van der Waals surface area contributed by atoms with Crippen LogP contribution >= 0.6 is 0 Å². The van der Waals surface area contributed by atoms with Crippen LogP contribution < -0.4 is 5.32 Å². The summed E-state index contributed by atoms with van der Waals surface area (Å²) < 4.78 is 0. The zero-order valence-electron chi connectivity index (χ0n) is 12.3. The zero-order valence-corrected chi connectivity index (χ0v) is 12.3. The van der Waals surface area contributed by atoms with Gasteiger partial charge in [-0.15, -0.1) is 0 Å². The number of hydrogen-bond donors (Lipinski definition) is 3. The fourth-order valence-corrected chi connectivity index (χ4v) is 2.15. The van der Waals surface area contributed by atoms with Gasteiger partial charge < -0.3 is 15.4 Å². The molecule has 1 amide bonds. The van der Waals surface area contributed by atoms with Gasteiger partial charge in [0.05, 0.1) is 12.1 Å². The molecule has 0 spiro atoms. The predicted octanol–water partition coefficient (Wildman–Crippen LogP) is 2.82. The molecule has 0 radical (unpaired) electrons. The number of rotatable bonds is 4. The molecule has 2 aromatic rings. The predicted molar refractivity (Wildman–Crippen MR) is 80.7 cm³/mol. The molecular formula is C16H18N2O3. The first-order valence-electron chi connectivity index (χ1n) is 6.65. The zero-order chi connectivity index (χ0) is 15.6. The van der Waals surface area contributed by atoms with Crippen molar-refractivity contribution in [1.29, 1.82) is 0 Å². The Morgan fingerprint density at radius 3 is 2.48 bits per heavy atom. The van der Waals surface area contributed by atoms with Crippen LogP contribution in [0.3, 0.4) is 0 Å². The number of carboxylic acid groups (broad SMARTS) is 1. The number of aromatic carboxylic acids is 1. The van der Waals surface area contributed by atoms with E-state index in [0.717, 1.165) is 11.1 Å². The van der Waals surface area contributed by atoms with Gasteiger partial charge in [-0.3, -0.25) is 4.79 Å². The Morgan fingerprint density at radius 1 is 1.14 bits per heavy atom. The van der Waals surface area contributed by atoms with Crippen LogP contribution in [0, 0.1) is 20.8 Å². The second kappa shape index (κ2) is 5.83. The van der Waals surface area contributed by atoms with Crippen molar-refractivity contribution in [3.63, 3.8) is 0 Å². The van der Waals surface area contributed by atoms with Crippen LogP contribution in [0.4, 0.5) is 5.69 Å². The van der Waals surface area contributed by atoms with Crippen LogP contribution in [0.5, 0.6) is 0 Å². The molecule has 21 heavy (non-hydrogen) atoms. The molecule has 0 aliphatic heterocycles. The summed E-state index contributed by atoms with van der Waals surface area (Å²) in [6.45, 7) is 5.75. The quantitative estimate of drug-likeness (QED) is 0.808. The third-order valence-corrected chi connectivity index (χ3v) is 3.38. The van der Waals surface area contributed by atoms with Gasteiger partial charge in [0.25, 0.3) is 0 Å². The lowest BCUT2D eigenvalue weighted by molar-refractivity contribution is -0.115. The van der Waals surface area contributed by atoms with Gasteiger partial charge in [0, 0.05) is 5.69 Å². The molecule has 0 saturated carbocycles. The normalized spacial score (nSPS) is 10.4. The molecule has 0 aliphatic rings. The first-order chi connectivity index (χ1) is 9.86. The SMILES string of the molecule is Cc1cc(NC(=O)Cc2ccc(C)c(C)c2)c(C(=O)O)[nH]1. The van der Waals surface area contributed by atoms with Crippen LogP contribution in [0.1, 0.15) is 32.9 Å². The number of H-pyrrole nitrogens is 1. The van der Waals surface area contributed by atoms with E-state index in [0.29, 0.717) is 11.4 Å². The van der Waals surface area contributed by atoms with Crippen LogP contribution in [-0.2, 0) is 11.2 Å². The maximum absolute atomic E-state index is 12.0. The van der Waals surface area contributed by atoms with E-state index in [-0.39, 0.29) is 18.0 Å². The van der Waals surface area contributed by atoms with E-state index in [9.17, 15) is 9.59 Å². The van der Waals surface area contributed by atoms with Gasteiger partial charge >= 0.3 is 5.97 Å². The largest absolute Gasteiger partial charge is 0.477 e. The minimum atomic E-state index is -1.09. The summed E-state index contributed by atoms with van der Waals surface area (Å²) in [6, 6.07) is 7.46. The van der Waals surface area contributed by atoms with Crippen molar-refractivity contribution in [3.05, 3.63) is 52.3 Å². The van der Waals surface area contributed by atoms with Gasteiger partial charge in [-0.25, -0.2) is 4.79 Å². The van der Waals surface area contributed by atoms with Crippen molar-refractivity contribution in [3.8, 4) is 0 Å². The number of anilines is 1. The highest BCUT2D eigenvalue weighted by atomic mass is 16.4. The van der Waals surface area contributed by atoms with E-state index in [2.05, 4.69) is 10.3 Å². The molecule has 0 aliphatic carbocycles. The summed E-state index contributed by atoms with van der Waals surface area (Å²) in [7, 11) is 0. The fourth-order valence-electron chi connectivity index (χ4n) is 2.15. The summed E-state index contributed by atoms with van der Waals surface area (Å²) in [4.78, 5) is 25.8. The lowest BCUT2D eigenvalue weighted by Crippen LogP contribution is -2.16. The minimum Gasteiger partial charge on any atom is -0.477 e. The highest BCUT2D eigenvalue weighted by Crippen LogP contribution is 2.17. The number of amides is 1. The van der Waals surface area contributed by atoms with Crippen molar-refractivity contribution in [1.82, 2.24) is 4.98 Å². The molecule has 3 N–H and O–H groups in total.